The van der Waals surface area contributed by atoms with Crippen molar-refractivity contribution in [3.8, 4) is 0 Å². The highest BCUT2D eigenvalue weighted by molar-refractivity contribution is 7.15. The van der Waals surface area contributed by atoms with Gasteiger partial charge in [-0.15, -0.1) is 10.2 Å². The first kappa shape index (κ1) is 16.7. The lowest BCUT2D eigenvalue weighted by atomic mass is 9.88. The quantitative estimate of drug-likeness (QED) is 0.829. The molecule has 0 unspecified atom stereocenters. The topological polar surface area (TPSA) is 56.7 Å². The SMILES string of the molecule is Cc1nnc(N2CCC3(CC2)C[C@@H](OCC2CCOCC2)CO3)s1. The molecule has 0 amide bonds. The van der Waals surface area contributed by atoms with Gasteiger partial charge in [0.15, 0.2) is 0 Å². The fraction of sp³-hybridized carbons (Fsp3) is 0.882. The molecule has 0 bridgehead atoms. The number of rotatable bonds is 4. The van der Waals surface area contributed by atoms with Crippen molar-refractivity contribution >= 4 is 16.5 Å². The third kappa shape index (κ3) is 3.74. The van der Waals surface area contributed by atoms with E-state index in [-0.39, 0.29) is 11.7 Å². The summed E-state index contributed by atoms with van der Waals surface area (Å²) in [4.78, 5) is 2.34. The van der Waals surface area contributed by atoms with E-state index in [4.69, 9.17) is 14.2 Å². The molecule has 3 aliphatic rings. The average molecular weight is 353 g/mol. The highest BCUT2D eigenvalue weighted by Gasteiger charge is 2.43. The maximum Gasteiger partial charge on any atom is 0.208 e. The molecule has 0 N–H and O–H groups in total. The summed E-state index contributed by atoms with van der Waals surface area (Å²) in [6, 6.07) is 0. The number of aryl methyl sites for hydroxylation is 1. The third-order valence-corrected chi connectivity index (χ3v) is 6.44. The first-order valence-electron chi connectivity index (χ1n) is 9.11. The number of aromatic nitrogens is 2. The minimum atomic E-state index is 0.0244. The summed E-state index contributed by atoms with van der Waals surface area (Å²) in [5, 5.41) is 10.5. The van der Waals surface area contributed by atoms with E-state index in [1.165, 1.54) is 0 Å². The van der Waals surface area contributed by atoms with Gasteiger partial charge in [0, 0.05) is 32.7 Å². The van der Waals surface area contributed by atoms with E-state index in [2.05, 4.69) is 15.1 Å². The van der Waals surface area contributed by atoms with E-state index in [1.54, 1.807) is 11.3 Å². The van der Waals surface area contributed by atoms with Gasteiger partial charge in [0.1, 0.15) is 5.01 Å². The fourth-order valence-corrected chi connectivity index (χ4v) is 4.70. The molecule has 4 heterocycles. The molecule has 6 nitrogen and oxygen atoms in total. The van der Waals surface area contributed by atoms with Crippen molar-refractivity contribution < 1.29 is 14.2 Å². The van der Waals surface area contributed by atoms with Crippen LogP contribution in [0, 0.1) is 12.8 Å². The smallest absolute Gasteiger partial charge is 0.208 e. The largest absolute Gasteiger partial charge is 0.381 e. The Kier molecular flexibility index (Phi) is 5.03. The Morgan fingerprint density at radius 3 is 2.75 bits per heavy atom. The lowest BCUT2D eigenvalue weighted by Crippen LogP contribution is -2.44. The summed E-state index contributed by atoms with van der Waals surface area (Å²) in [5.74, 6) is 0.665. The van der Waals surface area contributed by atoms with Crippen molar-refractivity contribution in [1.82, 2.24) is 10.2 Å². The molecule has 134 valence electrons. The zero-order chi connectivity index (χ0) is 16.4. The Morgan fingerprint density at radius 1 is 1.25 bits per heavy atom. The van der Waals surface area contributed by atoms with Gasteiger partial charge in [-0.05, 0) is 38.5 Å². The van der Waals surface area contributed by atoms with Gasteiger partial charge < -0.3 is 19.1 Å². The Morgan fingerprint density at radius 2 is 2.04 bits per heavy atom. The zero-order valence-corrected chi connectivity index (χ0v) is 15.2. The van der Waals surface area contributed by atoms with E-state index in [0.717, 1.165) is 81.8 Å². The molecule has 1 spiro atoms. The molecule has 24 heavy (non-hydrogen) atoms. The standard InChI is InChI=1S/C17H27N3O3S/c1-13-18-19-16(24-13)20-6-4-17(5-7-20)10-15(12-23-17)22-11-14-2-8-21-9-3-14/h14-15H,2-12H2,1H3/t15-/m1/s1. The molecular weight excluding hydrogens is 326 g/mol. The van der Waals surface area contributed by atoms with Crippen LogP contribution in [0.2, 0.25) is 0 Å². The second-order valence-corrected chi connectivity index (χ2v) is 8.46. The van der Waals surface area contributed by atoms with Gasteiger partial charge in [0.2, 0.25) is 5.13 Å². The van der Waals surface area contributed by atoms with Crippen LogP contribution in [0.1, 0.15) is 37.1 Å². The molecule has 0 aromatic carbocycles. The van der Waals surface area contributed by atoms with Crippen molar-refractivity contribution in [3.05, 3.63) is 5.01 Å². The summed E-state index contributed by atoms with van der Waals surface area (Å²) in [7, 11) is 0. The molecule has 0 aliphatic carbocycles. The number of ether oxygens (including phenoxy) is 3. The van der Waals surface area contributed by atoms with Crippen molar-refractivity contribution in [2.24, 2.45) is 5.92 Å². The van der Waals surface area contributed by atoms with Crippen LogP contribution in [0.25, 0.3) is 0 Å². The second-order valence-electron chi connectivity index (χ2n) is 7.30. The van der Waals surface area contributed by atoms with Crippen LogP contribution in [0.3, 0.4) is 0 Å². The van der Waals surface area contributed by atoms with Crippen LogP contribution in [0.4, 0.5) is 5.13 Å². The molecule has 3 saturated heterocycles. The molecule has 1 atom stereocenters. The molecule has 3 aliphatic heterocycles. The van der Waals surface area contributed by atoms with Crippen molar-refractivity contribution in [2.45, 2.75) is 50.7 Å². The number of hydrogen-bond acceptors (Lipinski definition) is 7. The maximum atomic E-state index is 6.21. The molecule has 7 heteroatoms. The lowest BCUT2D eigenvalue weighted by molar-refractivity contribution is -0.0269. The van der Waals surface area contributed by atoms with E-state index in [0.29, 0.717) is 5.92 Å². The van der Waals surface area contributed by atoms with Crippen LogP contribution in [-0.4, -0.2) is 61.4 Å². The zero-order valence-electron chi connectivity index (χ0n) is 14.4. The highest BCUT2D eigenvalue weighted by atomic mass is 32.1. The van der Waals surface area contributed by atoms with Gasteiger partial charge in [-0.2, -0.15) is 0 Å². The van der Waals surface area contributed by atoms with Gasteiger partial charge in [0.05, 0.1) is 24.9 Å². The Hall–Kier alpha value is -0.760. The summed E-state index contributed by atoms with van der Waals surface area (Å²) >= 11 is 1.68. The van der Waals surface area contributed by atoms with Crippen molar-refractivity contribution in [1.29, 1.82) is 0 Å². The molecule has 1 aromatic heterocycles. The van der Waals surface area contributed by atoms with Crippen LogP contribution >= 0.6 is 11.3 Å². The van der Waals surface area contributed by atoms with E-state index >= 15 is 0 Å². The van der Waals surface area contributed by atoms with E-state index < -0.39 is 0 Å². The Balaban J connectivity index is 1.24. The van der Waals surface area contributed by atoms with E-state index in [1.807, 2.05) is 6.92 Å². The maximum absolute atomic E-state index is 6.21. The molecule has 4 rings (SSSR count). The molecule has 1 aromatic rings. The second kappa shape index (κ2) is 7.23. The number of anilines is 1. The number of nitrogens with zero attached hydrogens (tertiary/aromatic N) is 3. The van der Waals surface area contributed by atoms with Gasteiger partial charge in [0.25, 0.3) is 0 Å². The minimum Gasteiger partial charge on any atom is -0.381 e. The Bertz CT molecular complexity index is 539. The molecular formula is C17H27N3O3S. The summed E-state index contributed by atoms with van der Waals surface area (Å²) in [6.07, 6.45) is 5.69. The highest BCUT2D eigenvalue weighted by Crippen LogP contribution is 2.38. The van der Waals surface area contributed by atoms with Crippen molar-refractivity contribution in [2.75, 3.05) is 44.4 Å². The fourth-order valence-electron chi connectivity index (χ4n) is 3.96. The van der Waals surface area contributed by atoms with Crippen LogP contribution in [-0.2, 0) is 14.2 Å². The van der Waals surface area contributed by atoms with Gasteiger partial charge in [-0.3, -0.25) is 0 Å². The molecule has 0 radical (unpaired) electrons. The number of hydrogen-bond donors (Lipinski definition) is 0. The van der Waals surface area contributed by atoms with Crippen molar-refractivity contribution in [3.63, 3.8) is 0 Å². The van der Waals surface area contributed by atoms with Gasteiger partial charge >= 0.3 is 0 Å². The lowest BCUT2D eigenvalue weighted by Gasteiger charge is -2.38. The predicted octanol–water partition coefficient (Wildman–Crippen LogP) is 2.42. The molecule has 0 saturated carbocycles. The predicted molar refractivity (Wildman–Crippen MR) is 92.7 cm³/mol. The average Bonchev–Trinajstić information content (AvgIpc) is 3.22. The van der Waals surface area contributed by atoms with Gasteiger partial charge in [-0.25, -0.2) is 0 Å². The monoisotopic (exact) mass is 353 g/mol. The van der Waals surface area contributed by atoms with Crippen LogP contribution in [0.15, 0.2) is 0 Å². The van der Waals surface area contributed by atoms with Gasteiger partial charge in [-0.1, -0.05) is 11.3 Å². The first-order chi connectivity index (χ1) is 11.7. The third-order valence-electron chi connectivity index (χ3n) is 5.54. The Labute approximate surface area is 147 Å². The minimum absolute atomic E-state index is 0.0244. The van der Waals surface area contributed by atoms with Crippen LogP contribution < -0.4 is 4.90 Å². The summed E-state index contributed by atoms with van der Waals surface area (Å²) < 4.78 is 17.8. The normalized spacial score (nSPS) is 27.9. The summed E-state index contributed by atoms with van der Waals surface area (Å²) in [5.41, 5.74) is 0.0244. The van der Waals surface area contributed by atoms with E-state index in [9.17, 15) is 0 Å². The molecule has 3 fully saturated rings. The summed E-state index contributed by atoms with van der Waals surface area (Å²) in [6.45, 7) is 7.40. The number of piperidine rings is 1. The van der Waals surface area contributed by atoms with Crippen LogP contribution in [0.5, 0.6) is 0 Å². The first-order valence-corrected chi connectivity index (χ1v) is 9.92.